The minimum Gasteiger partial charge on any atom is -0.495 e. The van der Waals surface area contributed by atoms with E-state index in [2.05, 4.69) is 15.0 Å². The van der Waals surface area contributed by atoms with Crippen LogP contribution in [-0.2, 0) is 10.0 Å². The fourth-order valence-corrected chi connectivity index (χ4v) is 4.37. The Morgan fingerprint density at radius 1 is 1.07 bits per heavy atom. The predicted molar refractivity (Wildman–Crippen MR) is 110 cm³/mol. The van der Waals surface area contributed by atoms with E-state index in [1.807, 2.05) is 19.9 Å². The Bertz CT molecular complexity index is 1110. The van der Waals surface area contributed by atoms with Crippen LogP contribution in [0.15, 0.2) is 52.7 Å². The van der Waals surface area contributed by atoms with Gasteiger partial charge in [-0.15, -0.1) is 11.3 Å². The largest absolute Gasteiger partial charge is 0.495 e. The van der Waals surface area contributed by atoms with Crippen LogP contribution < -0.4 is 14.8 Å². The van der Waals surface area contributed by atoms with E-state index in [0.717, 1.165) is 22.5 Å². The number of methoxy groups -OCH3 is 1. The zero-order chi connectivity index (χ0) is 20.3. The molecule has 1 heterocycles. The van der Waals surface area contributed by atoms with Gasteiger partial charge in [-0.25, -0.2) is 13.4 Å². The van der Waals surface area contributed by atoms with Crippen molar-refractivity contribution >= 4 is 38.1 Å². The summed E-state index contributed by atoms with van der Waals surface area (Å²) in [5.74, 6) is 0.0652. The number of carbonyl (C=O) groups excluding carboxylic acids is 1. The lowest BCUT2D eigenvalue weighted by Gasteiger charge is -2.10. The fraction of sp³-hybridized carbons (Fsp3) is 0.158. The van der Waals surface area contributed by atoms with Gasteiger partial charge in [-0.3, -0.25) is 9.52 Å². The quantitative estimate of drug-likeness (QED) is 0.635. The zero-order valence-corrected chi connectivity index (χ0v) is 17.1. The van der Waals surface area contributed by atoms with Crippen LogP contribution in [0.2, 0.25) is 0 Å². The molecular formula is C19H19N3O4S2. The maximum Gasteiger partial charge on any atom is 0.275 e. The van der Waals surface area contributed by atoms with Crippen LogP contribution in [0.4, 0.5) is 10.8 Å². The average molecular weight is 418 g/mol. The van der Waals surface area contributed by atoms with Crippen LogP contribution in [0.5, 0.6) is 5.75 Å². The molecule has 0 aliphatic carbocycles. The van der Waals surface area contributed by atoms with Gasteiger partial charge in [-0.2, -0.15) is 0 Å². The van der Waals surface area contributed by atoms with Crippen LogP contribution >= 0.6 is 11.3 Å². The minimum atomic E-state index is -3.77. The van der Waals surface area contributed by atoms with Crippen molar-refractivity contribution in [3.8, 4) is 5.75 Å². The third kappa shape index (κ3) is 4.49. The monoisotopic (exact) mass is 417 g/mol. The molecule has 0 saturated carbocycles. The van der Waals surface area contributed by atoms with Gasteiger partial charge in [0.15, 0.2) is 5.13 Å². The average Bonchev–Trinajstić information content (AvgIpc) is 3.10. The second kappa shape index (κ2) is 7.99. The van der Waals surface area contributed by atoms with Crippen molar-refractivity contribution in [2.45, 2.75) is 18.7 Å². The van der Waals surface area contributed by atoms with Crippen LogP contribution in [-0.4, -0.2) is 26.4 Å². The molecule has 146 valence electrons. The number of nitrogens with one attached hydrogen (secondary N) is 2. The van der Waals surface area contributed by atoms with Gasteiger partial charge in [0.25, 0.3) is 15.9 Å². The van der Waals surface area contributed by atoms with Crippen molar-refractivity contribution in [1.82, 2.24) is 4.98 Å². The first-order chi connectivity index (χ1) is 13.3. The van der Waals surface area contributed by atoms with Crippen molar-refractivity contribution in [2.75, 3.05) is 17.1 Å². The summed E-state index contributed by atoms with van der Waals surface area (Å²) >= 11 is 1.03. The lowest BCUT2D eigenvalue weighted by atomic mass is 10.2. The van der Waals surface area contributed by atoms with Gasteiger partial charge in [-0.05, 0) is 43.7 Å². The van der Waals surface area contributed by atoms with Crippen molar-refractivity contribution in [3.05, 3.63) is 64.7 Å². The van der Waals surface area contributed by atoms with Crippen LogP contribution in [0, 0.1) is 13.8 Å². The van der Waals surface area contributed by atoms with Crippen molar-refractivity contribution < 1.29 is 17.9 Å². The lowest BCUT2D eigenvalue weighted by Crippen LogP contribution is -2.15. The highest BCUT2D eigenvalue weighted by molar-refractivity contribution is 7.93. The van der Waals surface area contributed by atoms with E-state index >= 15 is 0 Å². The second-order valence-electron chi connectivity index (χ2n) is 6.11. The highest BCUT2D eigenvalue weighted by atomic mass is 32.2. The van der Waals surface area contributed by atoms with Gasteiger partial charge in [0.05, 0.1) is 17.7 Å². The number of anilines is 2. The minimum absolute atomic E-state index is 0.107. The molecule has 1 amide bonds. The van der Waals surface area contributed by atoms with Gasteiger partial charge < -0.3 is 10.1 Å². The van der Waals surface area contributed by atoms with E-state index in [-0.39, 0.29) is 15.7 Å². The third-order valence-electron chi connectivity index (χ3n) is 3.89. The highest BCUT2D eigenvalue weighted by Gasteiger charge is 2.18. The van der Waals surface area contributed by atoms with E-state index in [0.29, 0.717) is 11.4 Å². The van der Waals surface area contributed by atoms with Gasteiger partial charge >= 0.3 is 0 Å². The first-order valence-electron chi connectivity index (χ1n) is 8.29. The van der Waals surface area contributed by atoms with Gasteiger partial charge in [0, 0.05) is 5.38 Å². The summed E-state index contributed by atoms with van der Waals surface area (Å²) in [5.41, 5.74) is 2.54. The number of thiazole rings is 1. The van der Waals surface area contributed by atoms with Gasteiger partial charge in [-0.1, -0.05) is 23.8 Å². The normalized spacial score (nSPS) is 11.1. The SMILES string of the molecule is COc1ccc(C)cc1NC(=O)c1csc(NS(=O)(=O)c2ccc(C)cc2)n1. The molecule has 0 spiro atoms. The van der Waals surface area contributed by atoms with E-state index in [1.165, 1.54) is 24.6 Å². The Balaban J connectivity index is 1.76. The van der Waals surface area contributed by atoms with Crippen LogP contribution in [0.1, 0.15) is 21.6 Å². The van der Waals surface area contributed by atoms with Crippen molar-refractivity contribution in [3.63, 3.8) is 0 Å². The Morgan fingerprint density at radius 3 is 2.43 bits per heavy atom. The molecule has 28 heavy (non-hydrogen) atoms. The Morgan fingerprint density at radius 2 is 1.75 bits per heavy atom. The summed E-state index contributed by atoms with van der Waals surface area (Å²) < 4.78 is 32.5. The van der Waals surface area contributed by atoms with Crippen molar-refractivity contribution in [1.29, 1.82) is 0 Å². The number of amides is 1. The number of carbonyl (C=O) groups is 1. The molecule has 0 fully saturated rings. The molecule has 0 aliphatic rings. The van der Waals surface area contributed by atoms with E-state index in [4.69, 9.17) is 4.74 Å². The molecule has 2 aromatic carbocycles. The first kappa shape index (κ1) is 19.8. The van der Waals surface area contributed by atoms with E-state index in [9.17, 15) is 13.2 Å². The number of aryl methyl sites for hydroxylation is 2. The molecule has 0 atom stereocenters. The standard InChI is InChI=1S/C19H19N3O4S2/c1-12-4-7-14(8-5-12)28(24,25)22-19-21-16(11-27-19)18(23)20-15-10-13(2)6-9-17(15)26-3/h4-11H,1-3H3,(H,20,23)(H,21,22). The number of aromatic nitrogens is 1. The third-order valence-corrected chi connectivity index (χ3v) is 6.13. The fourth-order valence-electron chi connectivity index (χ4n) is 2.42. The summed E-state index contributed by atoms with van der Waals surface area (Å²) in [6, 6.07) is 11.9. The molecule has 7 nitrogen and oxygen atoms in total. The smallest absolute Gasteiger partial charge is 0.275 e. The Hall–Kier alpha value is -2.91. The summed E-state index contributed by atoms with van der Waals surface area (Å²) in [4.78, 5) is 16.7. The molecule has 0 saturated heterocycles. The van der Waals surface area contributed by atoms with Crippen molar-refractivity contribution in [2.24, 2.45) is 0 Å². The number of ether oxygens (including phenoxy) is 1. The molecule has 0 radical (unpaired) electrons. The molecule has 3 aromatic rings. The van der Waals surface area contributed by atoms with Crippen LogP contribution in [0.3, 0.4) is 0 Å². The Kier molecular flexibility index (Phi) is 5.66. The molecule has 3 rings (SSSR count). The van der Waals surface area contributed by atoms with Crippen LogP contribution in [0.25, 0.3) is 0 Å². The number of hydrogen-bond donors (Lipinski definition) is 2. The summed E-state index contributed by atoms with van der Waals surface area (Å²) in [7, 11) is -2.26. The Labute approximate surface area is 167 Å². The summed E-state index contributed by atoms with van der Waals surface area (Å²) in [6.07, 6.45) is 0. The highest BCUT2D eigenvalue weighted by Crippen LogP contribution is 2.26. The first-order valence-corrected chi connectivity index (χ1v) is 10.7. The number of benzene rings is 2. The summed E-state index contributed by atoms with van der Waals surface area (Å²) in [6.45, 7) is 3.77. The van der Waals surface area contributed by atoms with Gasteiger partial charge in [0.1, 0.15) is 11.4 Å². The zero-order valence-electron chi connectivity index (χ0n) is 15.5. The maximum atomic E-state index is 12.5. The lowest BCUT2D eigenvalue weighted by molar-refractivity contribution is 0.102. The molecule has 9 heteroatoms. The number of sulfonamides is 1. The number of nitrogens with zero attached hydrogens (tertiary/aromatic N) is 1. The molecular weight excluding hydrogens is 398 g/mol. The van der Waals surface area contributed by atoms with Gasteiger partial charge in [0.2, 0.25) is 0 Å². The second-order valence-corrected chi connectivity index (χ2v) is 8.65. The molecule has 2 N–H and O–H groups in total. The number of rotatable bonds is 6. The maximum absolute atomic E-state index is 12.5. The van der Waals surface area contributed by atoms with E-state index < -0.39 is 15.9 Å². The number of hydrogen-bond acceptors (Lipinski definition) is 6. The van der Waals surface area contributed by atoms with E-state index in [1.54, 1.807) is 24.3 Å². The molecule has 0 aliphatic heterocycles. The molecule has 1 aromatic heterocycles. The summed E-state index contributed by atoms with van der Waals surface area (Å²) in [5, 5.41) is 4.34. The molecule has 0 unspecified atom stereocenters. The topological polar surface area (TPSA) is 97.4 Å². The predicted octanol–water partition coefficient (Wildman–Crippen LogP) is 3.82. The molecule has 0 bridgehead atoms.